The van der Waals surface area contributed by atoms with Crippen molar-refractivity contribution < 1.29 is 31.8 Å². The maximum Gasteiger partial charge on any atom is 0.346 e. The van der Waals surface area contributed by atoms with Crippen molar-refractivity contribution in [2.75, 3.05) is 6.61 Å². The molecule has 4 aromatic rings. The molecular formula is C32H28F4O3. The molecule has 4 rings (SSSR count). The second kappa shape index (κ2) is 12.6. The monoisotopic (exact) mass is 536 g/mol. The molecule has 0 saturated heterocycles. The van der Waals surface area contributed by atoms with E-state index >= 15 is 0 Å². The maximum atomic E-state index is 14.9. The molecule has 0 radical (unpaired) electrons. The summed E-state index contributed by atoms with van der Waals surface area (Å²) in [7, 11) is 0. The van der Waals surface area contributed by atoms with Gasteiger partial charge in [-0.1, -0.05) is 62.2 Å². The van der Waals surface area contributed by atoms with E-state index in [1.54, 1.807) is 19.1 Å². The number of ether oxygens (including phenoxy) is 2. The first-order valence-corrected chi connectivity index (χ1v) is 12.8. The molecule has 202 valence electrons. The Morgan fingerprint density at radius 3 is 1.87 bits per heavy atom. The Labute approximate surface area is 225 Å². The van der Waals surface area contributed by atoms with Crippen LogP contribution in [0.25, 0.3) is 22.3 Å². The number of unbranched alkanes of at least 4 members (excludes halogenated alkanes) is 2. The van der Waals surface area contributed by atoms with Crippen LogP contribution in [0, 0.1) is 23.3 Å². The largest absolute Gasteiger partial charge is 0.491 e. The standard InChI is InChI=1S/C32H28F4O3/c1-3-5-6-7-20-8-10-21(11-9-20)24-16-17-26(30(35)28(24)33)32(37)39-23-14-12-22(13-15-23)25-18-19-27(38-4-2)31(36)29(25)34/h8-19H,3-7H2,1-2H3. The highest BCUT2D eigenvalue weighted by Crippen LogP contribution is 2.32. The van der Waals surface area contributed by atoms with E-state index in [-0.39, 0.29) is 29.2 Å². The number of benzene rings is 4. The first-order valence-electron chi connectivity index (χ1n) is 12.8. The van der Waals surface area contributed by atoms with E-state index in [0.29, 0.717) is 11.1 Å². The second-order valence-corrected chi connectivity index (χ2v) is 9.03. The lowest BCUT2D eigenvalue weighted by Gasteiger charge is -2.11. The molecule has 0 spiro atoms. The number of halogens is 4. The summed E-state index contributed by atoms with van der Waals surface area (Å²) in [5.41, 5.74) is 1.42. The van der Waals surface area contributed by atoms with Gasteiger partial charge in [-0.3, -0.25) is 0 Å². The average molecular weight is 537 g/mol. The Kier molecular flexibility index (Phi) is 9.02. The van der Waals surface area contributed by atoms with Crippen LogP contribution in [-0.2, 0) is 6.42 Å². The number of hydrogen-bond donors (Lipinski definition) is 0. The van der Waals surface area contributed by atoms with Crippen molar-refractivity contribution in [1.82, 2.24) is 0 Å². The maximum absolute atomic E-state index is 14.9. The zero-order chi connectivity index (χ0) is 27.9. The molecule has 39 heavy (non-hydrogen) atoms. The van der Waals surface area contributed by atoms with Gasteiger partial charge in [-0.25, -0.2) is 18.0 Å². The lowest BCUT2D eigenvalue weighted by molar-refractivity contribution is 0.0728. The van der Waals surface area contributed by atoms with Gasteiger partial charge in [-0.15, -0.1) is 0 Å². The number of esters is 1. The van der Waals surface area contributed by atoms with Crippen LogP contribution in [0.4, 0.5) is 17.6 Å². The van der Waals surface area contributed by atoms with Crippen molar-refractivity contribution in [1.29, 1.82) is 0 Å². The molecular weight excluding hydrogens is 508 g/mol. The molecule has 0 heterocycles. The van der Waals surface area contributed by atoms with Crippen molar-refractivity contribution in [3.8, 4) is 33.8 Å². The molecule has 4 aromatic carbocycles. The SMILES string of the molecule is CCCCCc1ccc(-c2ccc(C(=O)Oc3ccc(-c4ccc(OCC)c(F)c4F)cc3)c(F)c2F)cc1. The van der Waals surface area contributed by atoms with Gasteiger partial charge in [0.2, 0.25) is 5.82 Å². The number of aryl methyl sites for hydroxylation is 1. The van der Waals surface area contributed by atoms with Crippen LogP contribution in [0.3, 0.4) is 0 Å². The molecule has 0 fully saturated rings. The van der Waals surface area contributed by atoms with Crippen LogP contribution in [0.15, 0.2) is 72.8 Å². The van der Waals surface area contributed by atoms with Gasteiger partial charge in [0.25, 0.3) is 0 Å². The first-order chi connectivity index (χ1) is 18.8. The fourth-order valence-electron chi connectivity index (χ4n) is 4.25. The summed E-state index contributed by atoms with van der Waals surface area (Å²) in [5, 5.41) is 0. The number of rotatable bonds is 10. The minimum absolute atomic E-state index is 0.00785. The fraction of sp³-hybridized carbons (Fsp3) is 0.219. The van der Waals surface area contributed by atoms with Crippen LogP contribution in [0.1, 0.15) is 49.0 Å². The van der Waals surface area contributed by atoms with E-state index in [1.807, 2.05) is 12.1 Å². The summed E-state index contributed by atoms with van der Waals surface area (Å²) in [4.78, 5) is 12.6. The van der Waals surface area contributed by atoms with Crippen molar-refractivity contribution >= 4 is 5.97 Å². The van der Waals surface area contributed by atoms with Gasteiger partial charge in [0, 0.05) is 11.1 Å². The van der Waals surface area contributed by atoms with Crippen LogP contribution in [0.5, 0.6) is 11.5 Å². The topological polar surface area (TPSA) is 35.5 Å². The van der Waals surface area contributed by atoms with Gasteiger partial charge in [0.1, 0.15) is 5.75 Å². The summed E-state index contributed by atoms with van der Waals surface area (Å²) in [5.74, 6) is -5.89. The van der Waals surface area contributed by atoms with E-state index < -0.39 is 34.8 Å². The van der Waals surface area contributed by atoms with Crippen LogP contribution in [-0.4, -0.2) is 12.6 Å². The summed E-state index contributed by atoms with van der Waals surface area (Å²) in [6.45, 7) is 3.98. The molecule has 0 saturated carbocycles. The number of hydrogen-bond acceptors (Lipinski definition) is 3. The molecule has 0 unspecified atom stereocenters. The van der Waals surface area contributed by atoms with E-state index in [2.05, 4.69) is 6.92 Å². The summed E-state index contributed by atoms with van der Waals surface area (Å²) in [6.07, 6.45) is 4.23. The lowest BCUT2D eigenvalue weighted by atomic mass is 9.99. The number of carbonyl (C=O) groups excluding carboxylic acids is 1. The fourth-order valence-corrected chi connectivity index (χ4v) is 4.25. The Morgan fingerprint density at radius 1 is 0.667 bits per heavy atom. The van der Waals surface area contributed by atoms with Crippen LogP contribution >= 0.6 is 0 Å². The van der Waals surface area contributed by atoms with Gasteiger partial charge in [-0.05, 0) is 66.8 Å². The van der Waals surface area contributed by atoms with E-state index in [9.17, 15) is 22.4 Å². The molecule has 3 nitrogen and oxygen atoms in total. The third-order valence-electron chi connectivity index (χ3n) is 6.36. The number of carbonyl (C=O) groups is 1. The van der Waals surface area contributed by atoms with Crippen molar-refractivity contribution in [3.63, 3.8) is 0 Å². The zero-order valence-electron chi connectivity index (χ0n) is 21.7. The molecule has 0 amide bonds. The predicted octanol–water partition coefficient (Wildman–Crippen LogP) is 8.93. The van der Waals surface area contributed by atoms with E-state index in [4.69, 9.17) is 9.47 Å². The summed E-state index contributed by atoms with van der Waals surface area (Å²) >= 11 is 0. The minimum Gasteiger partial charge on any atom is -0.491 e. The normalized spacial score (nSPS) is 10.9. The van der Waals surface area contributed by atoms with E-state index in [1.165, 1.54) is 48.5 Å². The van der Waals surface area contributed by atoms with Crippen molar-refractivity contribution in [3.05, 3.63) is 107 Å². The third-order valence-corrected chi connectivity index (χ3v) is 6.36. The van der Waals surface area contributed by atoms with Crippen LogP contribution < -0.4 is 9.47 Å². The molecule has 0 aliphatic heterocycles. The molecule has 0 aliphatic rings. The van der Waals surface area contributed by atoms with Crippen molar-refractivity contribution in [2.24, 2.45) is 0 Å². The molecule has 0 atom stereocenters. The van der Waals surface area contributed by atoms with Gasteiger partial charge in [0.15, 0.2) is 23.2 Å². The third kappa shape index (κ3) is 6.30. The first kappa shape index (κ1) is 27.9. The highest BCUT2D eigenvalue weighted by Gasteiger charge is 2.21. The van der Waals surface area contributed by atoms with Gasteiger partial charge < -0.3 is 9.47 Å². The van der Waals surface area contributed by atoms with Crippen molar-refractivity contribution in [2.45, 2.75) is 39.5 Å². The minimum atomic E-state index is -1.31. The molecule has 0 N–H and O–H groups in total. The second-order valence-electron chi connectivity index (χ2n) is 9.03. The average Bonchev–Trinajstić information content (AvgIpc) is 2.94. The lowest BCUT2D eigenvalue weighted by Crippen LogP contribution is -2.12. The molecule has 0 bridgehead atoms. The zero-order valence-corrected chi connectivity index (χ0v) is 21.7. The predicted molar refractivity (Wildman–Crippen MR) is 143 cm³/mol. The Morgan fingerprint density at radius 2 is 1.26 bits per heavy atom. The van der Waals surface area contributed by atoms with Gasteiger partial charge >= 0.3 is 5.97 Å². The van der Waals surface area contributed by atoms with Gasteiger partial charge in [0.05, 0.1) is 12.2 Å². The highest BCUT2D eigenvalue weighted by molar-refractivity contribution is 5.92. The quantitative estimate of drug-likeness (QED) is 0.0879. The highest BCUT2D eigenvalue weighted by atomic mass is 19.2. The molecule has 7 heteroatoms. The molecule has 0 aliphatic carbocycles. The van der Waals surface area contributed by atoms with Crippen LogP contribution in [0.2, 0.25) is 0 Å². The summed E-state index contributed by atoms with van der Waals surface area (Å²) < 4.78 is 68.8. The molecule has 0 aromatic heterocycles. The summed E-state index contributed by atoms with van der Waals surface area (Å²) in [6, 6.07) is 18.0. The van der Waals surface area contributed by atoms with E-state index in [0.717, 1.165) is 31.2 Å². The van der Waals surface area contributed by atoms with Gasteiger partial charge in [-0.2, -0.15) is 4.39 Å². The smallest absolute Gasteiger partial charge is 0.346 e. The Hall–Kier alpha value is -4.13. The Bertz CT molecular complexity index is 1450. The Balaban J connectivity index is 1.48.